The number of likely N-dealkylation sites (N-methyl/N-ethyl adjacent to an activating group) is 1. The lowest BCUT2D eigenvalue weighted by Crippen LogP contribution is -2.40. The number of hydrogen-bond donors (Lipinski definition) is 0. The normalized spacial score (nSPS) is 21.5. The van der Waals surface area contributed by atoms with Gasteiger partial charge in [-0.3, -0.25) is 0 Å². The summed E-state index contributed by atoms with van der Waals surface area (Å²) in [5.41, 5.74) is 1.16. The van der Waals surface area contributed by atoms with Crippen LogP contribution >= 0.6 is 15.9 Å². The summed E-state index contributed by atoms with van der Waals surface area (Å²) in [6.07, 6.45) is 5.63. The molecule has 0 radical (unpaired) electrons. The second kappa shape index (κ2) is 5.83. The highest BCUT2D eigenvalue weighted by Crippen LogP contribution is 2.26. The van der Waals surface area contributed by atoms with Crippen LogP contribution in [0.2, 0.25) is 0 Å². The van der Waals surface area contributed by atoms with Crippen LogP contribution in [-0.2, 0) is 0 Å². The Bertz CT molecular complexity index is 384. The maximum absolute atomic E-state index is 5.83. The Morgan fingerprint density at radius 3 is 3.12 bits per heavy atom. The molecule has 0 aliphatic carbocycles. The molecule has 17 heavy (non-hydrogen) atoms. The van der Waals surface area contributed by atoms with Crippen LogP contribution in [0, 0.1) is 6.92 Å². The number of pyridine rings is 1. The van der Waals surface area contributed by atoms with E-state index in [2.05, 4.69) is 32.9 Å². The monoisotopic (exact) mass is 298 g/mol. The van der Waals surface area contributed by atoms with Gasteiger partial charge in [-0.1, -0.05) is 6.42 Å². The van der Waals surface area contributed by atoms with E-state index in [1.54, 1.807) is 6.20 Å². The Hall–Kier alpha value is -0.610. The molecule has 0 saturated carbocycles. The van der Waals surface area contributed by atoms with Gasteiger partial charge < -0.3 is 9.64 Å². The van der Waals surface area contributed by atoms with Crippen LogP contribution in [0.1, 0.15) is 24.8 Å². The predicted octanol–water partition coefficient (Wildman–Crippen LogP) is 3.02. The molecule has 0 N–H and O–H groups in total. The minimum atomic E-state index is 0.526. The van der Waals surface area contributed by atoms with Crippen LogP contribution < -0.4 is 4.74 Å². The van der Waals surface area contributed by atoms with Gasteiger partial charge in [0.25, 0.3) is 0 Å². The first-order chi connectivity index (χ1) is 8.18. The second-order valence-electron chi connectivity index (χ2n) is 4.69. The van der Waals surface area contributed by atoms with Crippen molar-refractivity contribution in [1.29, 1.82) is 0 Å². The van der Waals surface area contributed by atoms with Crippen molar-refractivity contribution in [3.8, 4) is 5.88 Å². The van der Waals surface area contributed by atoms with Gasteiger partial charge in [0.05, 0.1) is 4.47 Å². The van der Waals surface area contributed by atoms with Crippen LogP contribution in [-0.4, -0.2) is 36.1 Å². The summed E-state index contributed by atoms with van der Waals surface area (Å²) in [6, 6.07) is 2.50. The van der Waals surface area contributed by atoms with Gasteiger partial charge in [-0.25, -0.2) is 4.98 Å². The van der Waals surface area contributed by atoms with Crippen LogP contribution in [0.15, 0.2) is 16.7 Å². The molecular formula is C13H19BrN2O. The zero-order valence-corrected chi connectivity index (χ0v) is 12.0. The van der Waals surface area contributed by atoms with Crippen LogP contribution in [0.5, 0.6) is 5.88 Å². The van der Waals surface area contributed by atoms with E-state index in [0.29, 0.717) is 11.9 Å². The molecule has 0 amide bonds. The predicted molar refractivity (Wildman–Crippen MR) is 72.4 cm³/mol. The topological polar surface area (TPSA) is 25.4 Å². The summed E-state index contributed by atoms with van der Waals surface area (Å²) >= 11 is 3.52. The van der Waals surface area contributed by atoms with E-state index in [1.807, 2.05) is 13.0 Å². The standard InChI is InChI=1S/C13H19BrN2O/c1-10-6-7-15-13(12(10)14)17-9-11-5-3-4-8-16(11)2/h6-7,11H,3-5,8-9H2,1-2H3. The highest BCUT2D eigenvalue weighted by Gasteiger charge is 2.20. The van der Waals surface area contributed by atoms with Crippen molar-refractivity contribution >= 4 is 15.9 Å². The van der Waals surface area contributed by atoms with Gasteiger partial charge in [-0.05, 0) is 60.9 Å². The zero-order chi connectivity index (χ0) is 12.3. The van der Waals surface area contributed by atoms with E-state index in [-0.39, 0.29) is 0 Å². The number of nitrogens with zero attached hydrogens (tertiary/aromatic N) is 2. The first-order valence-electron chi connectivity index (χ1n) is 6.12. The van der Waals surface area contributed by atoms with Crippen molar-refractivity contribution in [2.75, 3.05) is 20.2 Å². The molecule has 0 bridgehead atoms. The maximum Gasteiger partial charge on any atom is 0.228 e. The molecule has 0 aromatic carbocycles. The van der Waals surface area contributed by atoms with Crippen molar-refractivity contribution in [2.45, 2.75) is 32.2 Å². The van der Waals surface area contributed by atoms with Crippen LogP contribution in [0.3, 0.4) is 0 Å². The average Bonchev–Trinajstić information content (AvgIpc) is 2.33. The molecule has 1 aromatic heterocycles. The quantitative estimate of drug-likeness (QED) is 0.858. The lowest BCUT2D eigenvalue weighted by atomic mass is 10.0. The third kappa shape index (κ3) is 3.19. The third-order valence-corrected chi connectivity index (χ3v) is 4.35. The molecule has 0 spiro atoms. The average molecular weight is 299 g/mol. The number of hydrogen-bond acceptors (Lipinski definition) is 3. The van der Waals surface area contributed by atoms with E-state index in [0.717, 1.165) is 16.6 Å². The summed E-state index contributed by atoms with van der Waals surface area (Å²) in [6.45, 7) is 3.95. The fraction of sp³-hybridized carbons (Fsp3) is 0.615. The number of halogens is 1. The fourth-order valence-corrected chi connectivity index (χ4v) is 2.49. The smallest absolute Gasteiger partial charge is 0.228 e. The van der Waals surface area contributed by atoms with E-state index in [1.165, 1.54) is 25.8 Å². The molecule has 1 aliphatic heterocycles. The molecule has 4 heteroatoms. The minimum absolute atomic E-state index is 0.526. The summed E-state index contributed by atoms with van der Waals surface area (Å²) in [4.78, 5) is 6.64. The van der Waals surface area contributed by atoms with Crippen molar-refractivity contribution < 1.29 is 4.74 Å². The molecule has 1 aliphatic rings. The Morgan fingerprint density at radius 1 is 1.53 bits per heavy atom. The number of likely N-dealkylation sites (tertiary alicyclic amines) is 1. The third-order valence-electron chi connectivity index (χ3n) is 3.38. The minimum Gasteiger partial charge on any atom is -0.475 e. The fourth-order valence-electron chi connectivity index (χ4n) is 2.15. The van der Waals surface area contributed by atoms with Crippen LogP contribution in [0.25, 0.3) is 0 Å². The Kier molecular flexibility index (Phi) is 4.40. The summed E-state index contributed by atoms with van der Waals surface area (Å²) < 4.78 is 6.80. The number of aryl methyl sites for hydroxylation is 1. The first-order valence-corrected chi connectivity index (χ1v) is 6.92. The lowest BCUT2D eigenvalue weighted by Gasteiger charge is -2.32. The van der Waals surface area contributed by atoms with Crippen molar-refractivity contribution in [3.63, 3.8) is 0 Å². The SMILES string of the molecule is Cc1ccnc(OCC2CCCCN2C)c1Br. The van der Waals surface area contributed by atoms with Crippen molar-refractivity contribution in [1.82, 2.24) is 9.88 Å². The molecule has 3 nitrogen and oxygen atoms in total. The molecule has 94 valence electrons. The van der Waals surface area contributed by atoms with E-state index >= 15 is 0 Å². The van der Waals surface area contributed by atoms with Gasteiger partial charge in [-0.2, -0.15) is 0 Å². The first kappa shape index (κ1) is 12.8. The Balaban J connectivity index is 1.95. The number of ether oxygens (including phenoxy) is 1. The molecule has 2 heterocycles. The van der Waals surface area contributed by atoms with Crippen molar-refractivity contribution in [3.05, 3.63) is 22.3 Å². The highest BCUT2D eigenvalue weighted by atomic mass is 79.9. The Labute approximate surface area is 111 Å². The Morgan fingerprint density at radius 2 is 2.35 bits per heavy atom. The van der Waals surface area contributed by atoms with Gasteiger partial charge in [0.2, 0.25) is 5.88 Å². The maximum atomic E-state index is 5.83. The molecule has 2 rings (SSSR count). The van der Waals surface area contributed by atoms with Crippen molar-refractivity contribution in [2.24, 2.45) is 0 Å². The van der Waals surface area contributed by atoms with Gasteiger partial charge in [0.15, 0.2) is 0 Å². The molecular weight excluding hydrogens is 280 g/mol. The molecule has 1 fully saturated rings. The number of aromatic nitrogens is 1. The molecule has 1 saturated heterocycles. The van der Waals surface area contributed by atoms with E-state index < -0.39 is 0 Å². The molecule has 1 unspecified atom stereocenters. The summed E-state index contributed by atoms with van der Waals surface area (Å²) in [5.74, 6) is 0.712. The van der Waals surface area contributed by atoms with E-state index in [9.17, 15) is 0 Å². The molecule has 1 atom stereocenters. The lowest BCUT2D eigenvalue weighted by molar-refractivity contribution is 0.122. The molecule has 1 aromatic rings. The highest BCUT2D eigenvalue weighted by molar-refractivity contribution is 9.10. The van der Waals surface area contributed by atoms with E-state index in [4.69, 9.17) is 4.74 Å². The van der Waals surface area contributed by atoms with Gasteiger partial charge in [0.1, 0.15) is 6.61 Å². The largest absolute Gasteiger partial charge is 0.475 e. The number of piperidine rings is 1. The zero-order valence-electron chi connectivity index (χ0n) is 10.4. The summed E-state index contributed by atoms with van der Waals surface area (Å²) in [7, 11) is 2.17. The second-order valence-corrected chi connectivity index (χ2v) is 5.48. The summed E-state index contributed by atoms with van der Waals surface area (Å²) in [5, 5.41) is 0. The van der Waals surface area contributed by atoms with Crippen LogP contribution in [0.4, 0.5) is 0 Å². The number of rotatable bonds is 3. The van der Waals surface area contributed by atoms with Gasteiger partial charge in [-0.15, -0.1) is 0 Å². The van der Waals surface area contributed by atoms with Gasteiger partial charge in [0, 0.05) is 12.2 Å². The van der Waals surface area contributed by atoms with Gasteiger partial charge >= 0.3 is 0 Å².